The molecule has 1 saturated heterocycles. The summed E-state index contributed by atoms with van der Waals surface area (Å²) in [5, 5.41) is 13.5. The quantitative estimate of drug-likeness (QED) is 0.526. The number of sulfonamides is 1. The number of halogens is 3. The Morgan fingerprint density at radius 2 is 1.86 bits per heavy atom. The number of piperazine rings is 1. The van der Waals surface area contributed by atoms with Crippen LogP contribution in [0.5, 0.6) is 0 Å². The summed E-state index contributed by atoms with van der Waals surface area (Å²) in [4.78, 5) is 2.58. The van der Waals surface area contributed by atoms with Crippen LogP contribution in [0, 0.1) is 0 Å². The van der Waals surface area contributed by atoms with Crippen molar-refractivity contribution < 1.29 is 26.7 Å². The van der Waals surface area contributed by atoms with Crippen LogP contribution in [0.15, 0.2) is 47.4 Å². The maximum absolute atomic E-state index is 13.4. The van der Waals surface area contributed by atoms with Gasteiger partial charge in [-0.3, -0.25) is 0 Å². The first-order valence-electron chi connectivity index (χ1n) is 11.7. The molecule has 1 heterocycles. The average Bonchev–Trinajstić information content (AvgIpc) is 2.77. The molecular weight excluding hydrogens is 499 g/mol. The number of benzene rings is 1. The number of anilines is 1. The predicted molar refractivity (Wildman–Crippen MR) is 134 cm³/mol. The van der Waals surface area contributed by atoms with Gasteiger partial charge in [0, 0.05) is 49.2 Å². The predicted octanol–water partition coefficient (Wildman–Crippen LogP) is 3.63. The molecule has 0 unspecified atom stereocenters. The SMILES string of the molecule is C[C@](O)(c1ccc(N2CCN(S(=O)(=O)C3=CC=CCC3=S)C[C@@H]2CNC2CCC2)cc1)C(F)(F)F. The van der Waals surface area contributed by atoms with Crippen LogP contribution >= 0.6 is 12.2 Å². The molecule has 2 fully saturated rings. The second-order valence-electron chi connectivity index (χ2n) is 9.45. The minimum atomic E-state index is -4.80. The summed E-state index contributed by atoms with van der Waals surface area (Å²) in [6.45, 7) is 2.11. The molecule has 3 aliphatic rings. The van der Waals surface area contributed by atoms with Crippen LogP contribution in [0.3, 0.4) is 0 Å². The maximum Gasteiger partial charge on any atom is 0.421 e. The van der Waals surface area contributed by atoms with Gasteiger partial charge in [0.25, 0.3) is 0 Å². The number of rotatable bonds is 7. The van der Waals surface area contributed by atoms with Crippen molar-refractivity contribution in [3.63, 3.8) is 0 Å². The van der Waals surface area contributed by atoms with Crippen molar-refractivity contribution in [1.29, 1.82) is 0 Å². The van der Waals surface area contributed by atoms with Gasteiger partial charge < -0.3 is 15.3 Å². The second-order valence-corrected chi connectivity index (χ2v) is 11.8. The Kier molecular flexibility index (Phi) is 7.46. The molecule has 0 radical (unpaired) electrons. The summed E-state index contributed by atoms with van der Waals surface area (Å²) in [7, 11) is -3.76. The van der Waals surface area contributed by atoms with Gasteiger partial charge in [-0.05, 0) is 43.5 Å². The highest BCUT2D eigenvalue weighted by atomic mass is 32.2. The van der Waals surface area contributed by atoms with E-state index in [9.17, 15) is 26.7 Å². The lowest BCUT2D eigenvalue weighted by molar-refractivity contribution is -0.258. The van der Waals surface area contributed by atoms with Crippen LogP contribution in [0.4, 0.5) is 18.9 Å². The number of alkyl halides is 3. The first-order chi connectivity index (χ1) is 16.4. The van der Waals surface area contributed by atoms with E-state index in [-0.39, 0.29) is 29.6 Å². The third-order valence-corrected chi connectivity index (χ3v) is 9.55. The van der Waals surface area contributed by atoms with Gasteiger partial charge in [-0.2, -0.15) is 17.5 Å². The van der Waals surface area contributed by atoms with Crippen molar-refractivity contribution in [2.24, 2.45) is 0 Å². The molecule has 1 aromatic rings. The average molecular weight is 530 g/mol. The Labute approximate surface area is 209 Å². The molecule has 1 saturated carbocycles. The Morgan fingerprint density at radius 3 is 2.43 bits per heavy atom. The van der Waals surface area contributed by atoms with Crippen molar-refractivity contribution >= 4 is 32.8 Å². The fourth-order valence-electron chi connectivity index (χ4n) is 4.51. The van der Waals surface area contributed by atoms with Gasteiger partial charge in [-0.25, -0.2) is 8.42 Å². The lowest BCUT2D eigenvalue weighted by Gasteiger charge is -2.43. The lowest BCUT2D eigenvalue weighted by atomic mass is 9.93. The van der Waals surface area contributed by atoms with Crippen molar-refractivity contribution in [3.05, 3.63) is 53.0 Å². The van der Waals surface area contributed by atoms with Crippen LogP contribution in [0.25, 0.3) is 0 Å². The van der Waals surface area contributed by atoms with E-state index in [1.54, 1.807) is 24.3 Å². The zero-order chi connectivity index (χ0) is 25.4. The Hall–Kier alpha value is -1.79. The van der Waals surface area contributed by atoms with E-state index in [2.05, 4.69) is 5.32 Å². The van der Waals surface area contributed by atoms with Gasteiger partial charge >= 0.3 is 6.18 Å². The minimum absolute atomic E-state index is 0.160. The minimum Gasteiger partial charge on any atom is -0.376 e. The smallest absolute Gasteiger partial charge is 0.376 e. The monoisotopic (exact) mass is 529 g/mol. The van der Waals surface area contributed by atoms with Gasteiger partial charge in [-0.15, -0.1) is 0 Å². The molecule has 2 aliphatic carbocycles. The van der Waals surface area contributed by atoms with E-state index >= 15 is 0 Å². The van der Waals surface area contributed by atoms with E-state index in [1.165, 1.54) is 16.4 Å². The standard InChI is InChI=1S/C24H30F3N3O3S2/c1-23(31,24(25,26)27)17-9-11-19(12-10-17)30-14-13-29(16-20(30)15-28-18-5-4-6-18)35(32,33)22-8-3-2-7-21(22)34/h2-3,8-12,18,20,28,31H,4-7,13-16H2,1H3/t20-,23-/m0/s1. The Balaban J connectivity index is 1.56. The van der Waals surface area contributed by atoms with Gasteiger partial charge in [0.2, 0.25) is 10.0 Å². The largest absolute Gasteiger partial charge is 0.421 e. The summed E-state index contributed by atoms with van der Waals surface area (Å²) in [5.41, 5.74) is -2.52. The number of allylic oxidation sites excluding steroid dienone is 4. The number of hydrogen-bond donors (Lipinski definition) is 2. The van der Waals surface area contributed by atoms with Gasteiger partial charge in [0.05, 0.1) is 10.9 Å². The van der Waals surface area contributed by atoms with Crippen LogP contribution in [0.2, 0.25) is 0 Å². The summed E-state index contributed by atoms with van der Waals surface area (Å²) < 4.78 is 67.9. The number of hydrogen-bond acceptors (Lipinski definition) is 6. The molecule has 0 amide bonds. The van der Waals surface area contributed by atoms with E-state index in [0.717, 1.165) is 26.2 Å². The zero-order valence-electron chi connectivity index (χ0n) is 19.5. The molecule has 1 aromatic carbocycles. The lowest BCUT2D eigenvalue weighted by Crippen LogP contribution is -2.59. The Morgan fingerprint density at radius 1 is 1.17 bits per heavy atom. The summed E-state index contributed by atoms with van der Waals surface area (Å²) >= 11 is 5.30. The fourth-order valence-corrected chi connectivity index (χ4v) is 6.58. The highest BCUT2D eigenvalue weighted by Gasteiger charge is 2.51. The van der Waals surface area contributed by atoms with Gasteiger partial charge in [-0.1, -0.05) is 42.9 Å². The van der Waals surface area contributed by atoms with E-state index in [0.29, 0.717) is 36.1 Å². The number of thiocarbonyl (C=S) groups is 1. The molecule has 6 nitrogen and oxygen atoms in total. The van der Waals surface area contributed by atoms with Crippen LogP contribution in [-0.4, -0.2) is 67.1 Å². The first-order valence-corrected chi connectivity index (χ1v) is 13.6. The molecule has 0 bridgehead atoms. The van der Waals surface area contributed by atoms with Crippen molar-refractivity contribution in [2.45, 2.75) is 56.5 Å². The highest BCUT2D eigenvalue weighted by Crippen LogP contribution is 2.39. The molecule has 0 spiro atoms. The van der Waals surface area contributed by atoms with E-state index in [1.807, 2.05) is 11.0 Å². The van der Waals surface area contributed by atoms with Crippen LogP contribution in [-0.2, 0) is 15.6 Å². The second kappa shape index (κ2) is 9.93. The molecule has 1 aliphatic heterocycles. The molecule has 11 heteroatoms. The van der Waals surface area contributed by atoms with Crippen molar-refractivity contribution in [1.82, 2.24) is 9.62 Å². The zero-order valence-corrected chi connectivity index (χ0v) is 21.1. The number of aliphatic hydroxyl groups is 1. The first kappa shape index (κ1) is 26.3. The summed E-state index contributed by atoms with van der Waals surface area (Å²) in [5.74, 6) is 0. The van der Waals surface area contributed by atoms with Gasteiger partial charge in [0.15, 0.2) is 5.60 Å². The highest BCUT2D eigenvalue weighted by molar-refractivity contribution is 7.96. The van der Waals surface area contributed by atoms with E-state index < -0.39 is 21.8 Å². The number of nitrogens with zero attached hydrogens (tertiary/aromatic N) is 2. The summed E-state index contributed by atoms with van der Waals surface area (Å²) in [6, 6.07) is 5.84. The molecule has 0 aromatic heterocycles. The molecule has 2 atom stereocenters. The summed E-state index contributed by atoms with van der Waals surface area (Å²) in [6.07, 6.45) is 3.99. The molecule has 2 N–H and O–H groups in total. The normalized spacial score (nSPS) is 24.1. The van der Waals surface area contributed by atoms with Crippen molar-refractivity contribution in [3.8, 4) is 0 Å². The molecule has 192 valence electrons. The van der Waals surface area contributed by atoms with Crippen molar-refractivity contribution in [2.75, 3.05) is 31.1 Å². The molecule has 35 heavy (non-hydrogen) atoms. The molecule has 4 rings (SSSR count). The van der Waals surface area contributed by atoms with Crippen LogP contribution in [0.1, 0.15) is 38.2 Å². The van der Waals surface area contributed by atoms with E-state index in [4.69, 9.17) is 12.2 Å². The third-order valence-electron chi connectivity index (χ3n) is 7.09. The number of nitrogens with one attached hydrogen (secondary N) is 1. The third kappa shape index (κ3) is 5.34. The van der Waals surface area contributed by atoms with Gasteiger partial charge in [0.1, 0.15) is 0 Å². The maximum atomic E-state index is 13.4. The topological polar surface area (TPSA) is 72.9 Å². The molecular formula is C24H30F3N3O3S2. The fraction of sp³-hybridized carbons (Fsp3) is 0.542. The van der Waals surface area contributed by atoms with Crippen LogP contribution < -0.4 is 10.2 Å². The Bertz CT molecular complexity index is 1110.